The number of Topliss-reactive ketones (excluding diaryl/α,β-unsaturated/α-hetero) is 1. The summed E-state index contributed by atoms with van der Waals surface area (Å²) >= 11 is 0. The van der Waals surface area contributed by atoms with Crippen LogP contribution in [0.15, 0.2) is 42.0 Å². The van der Waals surface area contributed by atoms with Crippen molar-refractivity contribution < 1.29 is 34.0 Å². The molecule has 9 heteroatoms. The minimum absolute atomic E-state index is 0.00313. The number of nitrogens with zero attached hydrogens (tertiary/aromatic N) is 2. The number of aromatic hydroxyl groups is 1. The van der Waals surface area contributed by atoms with E-state index in [9.17, 15) is 19.8 Å². The Morgan fingerprint density at radius 3 is 2.53 bits per heavy atom. The molecular formula is C27H32N2O7. The summed E-state index contributed by atoms with van der Waals surface area (Å²) in [5.74, 6) is -0.858. The summed E-state index contributed by atoms with van der Waals surface area (Å²) in [5, 5.41) is 21.6. The Labute approximate surface area is 210 Å². The first-order chi connectivity index (χ1) is 17.3. The number of amides is 1. The van der Waals surface area contributed by atoms with Crippen molar-refractivity contribution in [1.29, 1.82) is 0 Å². The van der Waals surface area contributed by atoms with Gasteiger partial charge in [-0.2, -0.15) is 0 Å². The molecule has 0 unspecified atom stereocenters. The molecule has 2 aliphatic heterocycles. The molecule has 4 rings (SSSR count). The van der Waals surface area contributed by atoms with Crippen molar-refractivity contribution in [3.05, 3.63) is 58.7 Å². The number of hydrogen-bond acceptors (Lipinski definition) is 8. The van der Waals surface area contributed by atoms with Crippen LogP contribution < -0.4 is 9.47 Å². The summed E-state index contributed by atoms with van der Waals surface area (Å²) in [6.45, 7) is 7.51. The Bertz CT molecular complexity index is 1170. The Morgan fingerprint density at radius 1 is 1.11 bits per heavy atom. The SMILES string of the molecule is CCOc1cc([C@H]2/C(=C(\O)c3ccc(OC)cc3C)C(=O)C(=O)N2CCN2CCOCC2)ccc1O. The van der Waals surface area contributed by atoms with Crippen molar-refractivity contribution in [1.82, 2.24) is 9.80 Å². The third-order valence-electron chi connectivity index (χ3n) is 6.59. The molecule has 192 valence electrons. The van der Waals surface area contributed by atoms with Crippen LogP contribution in [0.25, 0.3) is 5.76 Å². The van der Waals surface area contributed by atoms with Gasteiger partial charge in [-0.05, 0) is 55.3 Å². The molecule has 2 fully saturated rings. The number of aryl methyl sites for hydroxylation is 1. The number of phenolic OH excluding ortho intramolecular Hbond substituents is 1. The molecule has 0 aromatic heterocycles. The van der Waals surface area contributed by atoms with Crippen molar-refractivity contribution >= 4 is 17.4 Å². The number of rotatable bonds is 8. The molecule has 9 nitrogen and oxygen atoms in total. The molecule has 2 aliphatic rings. The van der Waals surface area contributed by atoms with E-state index in [-0.39, 0.29) is 22.8 Å². The predicted molar refractivity (Wildman–Crippen MR) is 133 cm³/mol. The van der Waals surface area contributed by atoms with Gasteiger partial charge in [-0.1, -0.05) is 6.07 Å². The molecule has 1 atom stereocenters. The lowest BCUT2D eigenvalue weighted by Gasteiger charge is -2.31. The highest BCUT2D eigenvalue weighted by Crippen LogP contribution is 2.42. The number of methoxy groups -OCH3 is 1. The van der Waals surface area contributed by atoms with E-state index in [0.29, 0.717) is 55.4 Å². The molecule has 2 heterocycles. The number of carbonyl (C=O) groups excluding carboxylic acids is 2. The summed E-state index contributed by atoms with van der Waals surface area (Å²) in [6.07, 6.45) is 0. The second-order valence-electron chi connectivity index (χ2n) is 8.79. The average molecular weight is 497 g/mol. The Morgan fingerprint density at radius 2 is 1.86 bits per heavy atom. The van der Waals surface area contributed by atoms with E-state index in [1.165, 1.54) is 11.0 Å². The number of hydrogen-bond donors (Lipinski definition) is 2. The normalized spacial score (nSPS) is 20.1. The summed E-state index contributed by atoms with van der Waals surface area (Å²) < 4.78 is 16.2. The van der Waals surface area contributed by atoms with E-state index in [2.05, 4.69) is 4.90 Å². The summed E-state index contributed by atoms with van der Waals surface area (Å²) in [6, 6.07) is 9.01. The minimum atomic E-state index is -0.840. The van der Waals surface area contributed by atoms with Crippen LogP contribution in [0.2, 0.25) is 0 Å². The molecule has 1 amide bonds. The van der Waals surface area contributed by atoms with Crippen molar-refractivity contribution in [2.75, 3.05) is 53.1 Å². The largest absolute Gasteiger partial charge is 0.507 e. The van der Waals surface area contributed by atoms with Gasteiger partial charge in [0.1, 0.15) is 11.5 Å². The molecule has 0 spiro atoms. The fourth-order valence-corrected chi connectivity index (χ4v) is 4.68. The quantitative estimate of drug-likeness (QED) is 0.326. The van der Waals surface area contributed by atoms with E-state index in [1.807, 2.05) is 0 Å². The molecule has 2 aromatic rings. The fourth-order valence-electron chi connectivity index (χ4n) is 4.68. The Kier molecular flexibility index (Phi) is 7.81. The molecule has 0 saturated carbocycles. The summed E-state index contributed by atoms with van der Waals surface area (Å²) in [4.78, 5) is 30.3. The number of ether oxygens (including phenoxy) is 3. The van der Waals surface area contributed by atoms with Gasteiger partial charge in [0.25, 0.3) is 11.7 Å². The van der Waals surface area contributed by atoms with Crippen LogP contribution >= 0.6 is 0 Å². The van der Waals surface area contributed by atoms with E-state index in [1.54, 1.807) is 51.3 Å². The van der Waals surface area contributed by atoms with E-state index >= 15 is 0 Å². The average Bonchev–Trinajstić information content (AvgIpc) is 3.14. The molecule has 0 radical (unpaired) electrons. The van der Waals surface area contributed by atoms with Crippen LogP contribution in [0.4, 0.5) is 0 Å². The monoisotopic (exact) mass is 496 g/mol. The van der Waals surface area contributed by atoms with Crippen LogP contribution in [0.1, 0.15) is 29.7 Å². The molecule has 36 heavy (non-hydrogen) atoms. The topological polar surface area (TPSA) is 109 Å². The highest BCUT2D eigenvalue weighted by atomic mass is 16.5. The number of phenols is 1. The van der Waals surface area contributed by atoms with E-state index in [4.69, 9.17) is 14.2 Å². The molecular weight excluding hydrogens is 464 g/mol. The summed E-state index contributed by atoms with van der Waals surface area (Å²) in [7, 11) is 1.55. The van der Waals surface area contributed by atoms with Gasteiger partial charge in [-0.3, -0.25) is 14.5 Å². The van der Waals surface area contributed by atoms with Crippen LogP contribution in [0.3, 0.4) is 0 Å². The van der Waals surface area contributed by atoms with Crippen LogP contribution in [0.5, 0.6) is 17.2 Å². The van der Waals surface area contributed by atoms with E-state index < -0.39 is 17.7 Å². The zero-order chi connectivity index (χ0) is 25.8. The molecule has 2 N–H and O–H groups in total. The number of morpholine rings is 1. The maximum absolute atomic E-state index is 13.3. The zero-order valence-corrected chi connectivity index (χ0v) is 20.8. The predicted octanol–water partition coefficient (Wildman–Crippen LogP) is 2.86. The lowest BCUT2D eigenvalue weighted by molar-refractivity contribution is -0.140. The Balaban J connectivity index is 1.79. The number of likely N-dealkylation sites (tertiary alicyclic amines) is 1. The lowest BCUT2D eigenvalue weighted by Crippen LogP contribution is -2.42. The number of benzene rings is 2. The maximum Gasteiger partial charge on any atom is 0.295 e. The van der Waals surface area contributed by atoms with Gasteiger partial charge in [-0.15, -0.1) is 0 Å². The van der Waals surface area contributed by atoms with Crippen molar-refractivity contribution in [2.45, 2.75) is 19.9 Å². The number of carbonyl (C=O) groups is 2. The zero-order valence-electron chi connectivity index (χ0n) is 20.8. The number of aliphatic hydroxyl groups excluding tert-OH is 1. The van der Waals surface area contributed by atoms with Gasteiger partial charge >= 0.3 is 0 Å². The van der Waals surface area contributed by atoms with Gasteiger partial charge in [-0.25, -0.2) is 0 Å². The Hall–Kier alpha value is -3.56. The van der Waals surface area contributed by atoms with E-state index in [0.717, 1.165) is 13.1 Å². The van der Waals surface area contributed by atoms with Crippen molar-refractivity contribution in [2.24, 2.45) is 0 Å². The van der Waals surface area contributed by atoms with Crippen LogP contribution in [-0.4, -0.2) is 84.8 Å². The van der Waals surface area contributed by atoms with Gasteiger partial charge in [0.05, 0.1) is 38.5 Å². The smallest absolute Gasteiger partial charge is 0.295 e. The fraction of sp³-hybridized carbons (Fsp3) is 0.407. The first-order valence-electron chi connectivity index (χ1n) is 12.0. The first kappa shape index (κ1) is 25.5. The summed E-state index contributed by atoms with van der Waals surface area (Å²) in [5.41, 5.74) is 1.70. The van der Waals surface area contributed by atoms with Crippen LogP contribution in [0, 0.1) is 6.92 Å². The van der Waals surface area contributed by atoms with Gasteiger partial charge in [0.15, 0.2) is 11.5 Å². The highest BCUT2D eigenvalue weighted by molar-refractivity contribution is 6.46. The second kappa shape index (κ2) is 11.0. The highest BCUT2D eigenvalue weighted by Gasteiger charge is 2.46. The third kappa shape index (κ3) is 5.03. The number of aliphatic hydroxyl groups is 1. The van der Waals surface area contributed by atoms with Crippen molar-refractivity contribution in [3.8, 4) is 17.2 Å². The minimum Gasteiger partial charge on any atom is -0.507 e. The van der Waals surface area contributed by atoms with Gasteiger partial charge in [0.2, 0.25) is 0 Å². The van der Waals surface area contributed by atoms with Crippen molar-refractivity contribution in [3.63, 3.8) is 0 Å². The second-order valence-corrected chi connectivity index (χ2v) is 8.79. The van der Waals surface area contributed by atoms with Gasteiger partial charge < -0.3 is 29.3 Å². The number of ketones is 1. The molecule has 2 saturated heterocycles. The maximum atomic E-state index is 13.3. The van der Waals surface area contributed by atoms with Crippen LogP contribution in [-0.2, 0) is 14.3 Å². The molecule has 2 aromatic carbocycles. The first-order valence-corrected chi connectivity index (χ1v) is 12.0. The molecule has 0 bridgehead atoms. The van der Waals surface area contributed by atoms with Gasteiger partial charge in [0, 0.05) is 31.7 Å². The lowest BCUT2D eigenvalue weighted by atomic mass is 9.93. The third-order valence-corrected chi connectivity index (χ3v) is 6.59. The standard InChI is InChI=1S/C27H32N2O7/c1-4-36-22-16-18(5-8-21(22)30)24-23(25(31)20-7-6-19(34-3)15-17(20)2)26(32)27(33)29(24)10-9-28-11-13-35-14-12-28/h5-8,15-16,24,30-31H,4,9-14H2,1-3H3/b25-23+/t24-/m0/s1. The molecule has 0 aliphatic carbocycles.